The van der Waals surface area contributed by atoms with Gasteiger partial charge in [-0.3, -0.25) is 24.1 Å². The summed E-state index contributed by atoms with van der Waals surface area (Å²) < 4.78 is 0. The van der Waals surface area contributed by atoms with Crippen molar-refractivity contribution >= 4 is 41.0 Å². The molecule has 1 aromatic rings. The summed E-state index contributed by atoms with van der Waals surface area (Å²) in [7, 11) is 0. The zero-order valence-electron chi connectivity index (χ0n) is 16.4. The number of carbonyl (C=O) groups excluding carboxylic acids is 5. The fourth-order valence-corrected chi connectivity index (χ4v) is 3.82. The molecular formula is C20H24N4O5. The van der Waals surface area contributed by atoms with Crippen molar-refractivity contribution in [1.82, 2.24) is 9.80 Å². The smallest absolute Gasteiger partial charge is 0.326 e. The third-order valence-electron chi connectivity index (χ3n) is 5.27. The van der Waals surface area contributed by atoms with Crippen LogP contribution >= 0.6 is 0 Å². The van der Waals surface area contributed by atoms with Gasteiger partial charge in [-0.1, -0.05) is 19.8 Å². The van der Waals surface area contributed by atoms with Gasteiger partial charge >= 0.3 is 17.8 Å². The molecule has 2 N–H and O–H groups in total. The first-order valence-electron chi connectivity index (χ1n) is 9.64. The minimum atomic E-state index is -0.969. The van der Waals surface area contributed by atoms with Crippen LogP contribution in [0.2, 0.25) is 0 Å². The normalized spacial score (nSPS) is 22.1. The summed E-state index contributed by atoms with van der Waals surface area (Å²) in [4.78, 5) is 62.5. The second kappa shape index (κ2) is 8.42. The molecule has 1 aromatic carbocycles. The van der Waals surface area contributed by atoms with Crippen LogP contribution in [0, 0.1) is 5.92 Å². The zero-order valence-corrected chi connectivity index (χ0v) is 16.4. The highest BCUT2D eigenvalue weighted by molar-refractivity contribution is 6.45. The highest BCUT2D eigenvalue weighted by Crippen LogP contribution is 2.31. The van der Waals surface area contributed by atoms with Crippen molar-refractivity contribution in [3.8, 4) is 0 Å². The van der Waals surface area contributed by atoms with E-state index in [0.717, 1.165) is 24.2 Å². The fraction of sp³-hybridized carbons (Fsp3) is 0.450. The molecule has 6 amide bonds. The molecule has 0 unspecified atom stereocenters. The van der Waals surface area contributed by atoms with E-state index in [9.17, 15) is 24.0 Å². The second-order valence-corrected chi connectivity index (χ2v) is 7.48. The molecule has 0 spiro atoms. The number of anilines is 2. The quantitative estimate of drug-likeness (QED) is 0.579. The third kappa shape index (κ3) is 4.44. The highest BCUT2D eigenvalue weighted by Gasteiger charge is 2.49. The third-order valence-corrected chi connectivity index (χ3v) is 5.27. The van der Waals surface area contributed by atoms with Gasteiger partial charge in [-0.15, -0.1) is 0 Å². The molecule has 0 bridgehead atoms. The van der Waals surface area contributed by atoms with Gasteiger partial charge in [-0.25, -0.2) is 9.69 Å². The summed E-state index contributed by atoms with van der Waals surface area (Å²) in [5, 5.41) is 5.19. The van der Waals surface area contributed by atoms with E-state index in [4.69, 9.17) is 0 Å². The molecule has 29 heavy (non-hydrogen) atoms. The van der Waals surface area contributed by atoms with Crippen LogP contribution in [0.1, 0.15) is 39.5 Å². The lowest BCUT2D eigenvalue weighted by Crippen LogP contribution is -2.46. The molecule has 2 aliphatic rings. The number of hydrogen-bond acceptors (Lipinski definition) is 5. The summed E-state index contributed by atoms with van der Waals surface area (Å²) in [5.74, 6) is -2.51. The standard InChI is InChI=1S/C20H24N4O5/c1-12-5-3-4-6-16(12)24-19(28)18(27)23(20(24)29)11-17(26)22-15-9-7-14(8-10-15)21-13(2)25/h7-10,12,16H,3-6,11H2,1-2H3,(H,21,25)(H,22,26)/t12-,16+/m1/s1. The van der Waals surface area contributed by atoms with Crippen molar-refractivity contribution in [2.75, 3.05) is 17.2 Å². The molecular weight excluding hydrogens is 376 g/mol. The van der Waals surface area contributed by atoms with Crippen LogP contribution in [0.5, 0.6) is 0 Å². The van der Waals surface area contributed by atoms with Crippen LogP contribution in [0.3, 0.4) is 0 Å². The Kier molecular flexibility index (Phi) is 5.95. The number of urea groups is 1. The van der Waals surface area contributed by atoms with Gasteiger partial charge in [0.2, 0.25) is 11.8 Å². The number of rotatable bonds is 5. The van der Waals surface area contributed by atoms with Crippen LogP contribution < -0.4 is 10.6 Å². The lowest BCUT2D eigenvalue weighted by molar-refractivity contribution is -0.145. The largest absolute Gasteiger partial charge is 0.334 e. The van der Waals surface area contributed by atoms with Crippen molar-refractivity contribution in [2.24, 2.45) is 5.92 Å². The number of nitrogens with one attached hydrogen (secondary N) is 2. The number of benzene rings is 1. The van der Waals surface area contributed by atoms with E-state index in [0.29, 0.717) is 22.7 Å². The van der Waals surface area contributed by atoms with E-state index in [1.165, 1.54) is 6.92 Å². The molecule has 9 nitrogen and oxygen atoms in total. The van der Waals surface area contributed by atoms with E-state index >= 15 is 0 Å². The molecule has 2 fully saturated rings. The fourth-order valence-electron chi connectivity index (χ4n) is 3.82. The van der Waals surface area contributed by atoms with E-state index < -0.39 is 30.3 Å². The summed E-state index contributed by atoms with van der Waals surface area (Å²) in [5.41, 5.74) is 1.01. The molecule has 1 aliphatic carbocycles. The maximum Gasteiger partial charge on any atom is 0.334 e. The first kappa shape index (κ1) is 20.5. The van der Waals surface area contributed by atoms with Crippen molar-refractivity contribution in [2.45, 2.75) is 45.6 Å². The maximum atomic E-state index is 12.7. The highest BCUT2D eigenvalue weighted by atomic mass is 16.2. The Morgan fingerprint density at radius 2 is 1.55 bits per heavy atom. The first-order chi connectivity index (χ1) is 13.8. The SMILES string of the molecule is CC(=O)Nc1ccc(NC(=O)CN2C(=O)C(=O)N([C@H]3CCCC[C@H]3C)C2=O)cc1. The minimum Gasteiger partial charge on any atom is -0.326 e. The van der Waals surface area contributed by atoms with Gasteiger partial charge in [-0.2, -0.15) is 0 Å². The van der Waals surface area contributed by atoms with Gasteiger partial charge in [0.1, 0.15) is 6.54 Å². The Hall–Kier alpha value is -3.23. The predicted octanol–water partition coefficient (Wildman–Crippen LogP) is 1.95. The van der Waals surface area contributed by atoms with E-state index in [1.807, 2.05) is 6.92 Å². The van der Waals surface area contributed by atoms with Gasteiger partial charge < -0.3 is 10.6 Å². The number of carbonyl (C=O) groups is 5. The van der Waals surface area contributed by atoms with Crippen molar-refractivity contribution in [1.29, 1.82) is 0 Å². The minimum absolute atomic E-state index is 0.125. The Balaban J connectivity index is 1.64. The van der Waals surface area contributed by atoms with Gasteiger partial charge in [-0.05, 0) is 43.0 Å². The lowest BCUT2D eigenvalue weighted by atomic mass is 9.85. The first-order valence-corrected chi connectivity index (χ1v) is 9.64. The van der Waals surface area contributed by atoms with E-state index in [-0.39, 0.29) is 17.9 Å². The van der Waals surface area contributed by atoms with Crippen LogP contribution in [0.4, 0.5) is 16.2 Å². The Morgan fingerprint density at radius 3 is 2.14 bits per heavy atom. The molecule has 1 saturated carbocycles. The number of amides is 6. The van der Waals surface area contributed by atoms with E-state index in [2.05, 4.69) is 10.6 Å². The molecule has 1 heterocycles. The average molecular weight is 400 g/mol. The van der Waals surface area contributed by atoms with Gasteiger partial charge in [0.05, 0.1) is 0 Å². The topological polar surface area (TPSA) is 116 Å². The van der Waals surface area contributed by atoms with Gasteiger partial charge in [0.15, 0.2) is 0 Å². The van der Waals surface area contributed by atoms with Crippen molar-refractivity contribution in [3.63, 3.8) is 0 Å². The summed E-state index contributed by atoms with van der Waals surface area (Å²) in [6.07, 6.45) is 3.50. The summed E-state index contributed by atoms with van der Waals surface area (Å²) in [6.45, 7) is 2.82. The number of hydrogen-bond donors (Lipinski definition) is 2. The molecule has 0 aromatic heterocycles. The van der Waals surface area contributed by atoms with Crippen molar-refractivity contribution < 1.29 is 24.0 Å². The molecule has 0 radical (unpaired) electrons. The zero-order chi connectivity index (χ0) is 21.1. The molecule has 9 heteroatoms. The maximum absolute atomic E-state index is 12.7. The van der Waals surface area contributed by atoms with Crippen LogP contribution in [0.25, 0.3) is 0 Å². The van der Waals surface area contributed by atoms with Gasteiger partial charge in [0, 0.05) is 24.3 Å². The van der Waals surface area contributed by atoms with Gasteiger partial charge in [0.25, 0.3) is 0 Å². The van der Waals surface area contributed by atoms with Crippen LogP contribution in [-0.2, 0) is 19.2 Å². The Bertz CT molecular complexity index is 851. The summed E-state index contributed by atoms with van der Waals surface area (Å²) in [6, 6.07) is 5.35. The molecule has 1 aliphatic heterocycles. The Morgan fingerprint density at radius 1 is 0.966 bits per heavy atom. The van der Waals surface area contributed by atoms with Crippen LogP contribution in [-0.4, -0.2) is 52.0 Å². The van der Waals surface area contributed by atoms with E-state index in [1.54, 1.807) is 24.3 Å². The number of imide groups is 2. The molecule has 3 rings (SSSR count). The Labute approximate surface area is 168 Å². The molecule has 1 saturated heterocycles. The molecule has 154 valence electrons. The predicted molar refractivity (Wildman–Crippen MR) is 105 cm³/mol. The monoisotopic (exact) mass is 400 g/mol. The van der Waals surface area contributed by atoms with Crippen molar-refractivity contribution in [3.05, 3.63) is 24.3 Å². The average Bonchev–Trinajstić information content (AvgIpc) is 2.87. The number of nitrogens with zero attached hydrogens (tertiary/aromatic N) is 2. The summed E-state index contributed by atoms with van der Waals surface area (Å²) >= 11 is 0. The second-order valence-electron chi connectivity index (χ2n) is 7.48. The lowest BCUT2D eigenvalue weighted by Gasteiger charge is -2.34. The van der Waals surface area contributed by atoms with Crippen LogP contribution in [0.15, 0.2) is 24.3 Å². The molecule has 2 atom stereocenters.